The van der Waals surface area contributed by atoms with Gasteiger partial charge in [-0.2, -0.15) is 0 Å². The molecule has 29 heavy (non-hydrogen) atoms. The van der Waals surface area contributed by atoms with Gasteiger partial charge < -0.3 is 10.1 Å². The lowest BCUT2D eigenvalue weighted by Gasteiger charge is -2.12. The standard InChI is InChI=1S/C23H15BrFNO3/c24-16-9-10-20(19(25)12-16)26-21(27)13-29-23(28)22-17-7-3-1-5-14(17)11-15-6-2-4-8-18(15)22/h1-12H,13H2,(H,26,27). The van der Waals surface area contributed by atoms with Gasteiger partial charge in [-0.25, -0.2) is 9.18 Å². The molecule has 0 radical (unpaired) electrons. The van der Waals surface area contributed by atoms with E-state index >= 15 is 0 Å². The zero-order valence-corrected chi connectivity index (χ0v) is 16.7. The minimum atomic E-state index is -0.621. The molecule has 0 spiro atoms. The number of rotatable bonds is 4. The van der Waals surface area contributed by atoms with Crippen molar-refractivity contribution in [1.82, 2.24) is 0 Å². The Morgan fingerprint density at radius 3 is 2.14 bits per heavy atom. The van der Waals surface area contributed by atoms with Crippen LogP contribution in [0.2, 0.25) is 0 Å². The molecule has 1 amide bonds. The van der Waals surface area contributed by atoms with Crippen LogP contribution in [0.25, 0.3) is 21.5 Å². The van der Waals surface area contributed by atoms with Crippen LogP contribution in [0.15, 0.2) is 77.3 Å². The van der Waals surface area contributed by atoms with Gasteiger partial charge in [0.05, 0.1) is 11.3 Å². The second-order valence-corrected chi connectivity index (χ2v) is 7.36. The third-order valence-electron chi connectivity index (χ3n) is 4.51. The molecule has 0 heterocycles. The van der Waals surface area contributed by atoms with E-state index in [1.165, 1.54) is 12.1 Å². The van der Waals surface area contributed by atoms with E-state index in [9.17, 15) is 14.0 Å². The number of ether oxygens (including phenoxy) is 1. The first kappa shape index (κ1) is 19.1. The topological polar surface area (TPSA) is 55.4 Å². The average Bonchev–Trinajstić information content (AvgIpc) is 2.72. The zero-order valence-electron chi connectivity index (χ0n) is 15.1. The monoisotopic (exact) mass is 451 g/mol. The minimum Gasteiger partial charge on any atom is -0.452 e. The summed E-state index contributed by atoms with van der Waals surface area (Å²) in [6.07, 6.45) is 0. The summed E-state index contributed by atoms with van der Waals surface area (Å²) >= 11 is 3.16. The summed E-state index contributed by atoms with van der Waals surface area (Å²) in [5, 5.41) is 5.70. The molecular weight excluding hydrogens is 437 g/mol. The molecule has 144 valence electrons. The van der Waals surface area contributed by atoms with Crippen LogP contribution in [0.1, 0.15) is 10.4 Å². The van der Waals surface area contributed by atoms with Gasteiger partial charge in [0.2, 0.25) is 0 Å². The number of benzene rings is 4. The number of carbonyl (C=O) groups is 2. The van der Waals surface area contributed by atoms with Crippen LogP contribution >= 0.6 is 15.9 Å². The SMILES string of the molecule is O=C(COC(=O)c1c2ccccc2cc2ccccc12)Nc1ccc(Br)cc1F. The van der Waals surface area contributed by atoms with Crippen LogP contribution in [0, 0.1) is 5.82 Å². The number of hydrogen-bond acceptors (Lipinski definition) is 3. The van der Waals surface area contributed by atoms with Crippen molar-refractivity contribution in [2.24, 2.45) is 0 Å². The summed E-state index contributed by atoms with van der Waals surface area (Å²) in [4.78, 5) is 25.0. The van der Waals surface area contributed by atoms with Crippen molar-refractivity contribution in [3.63, 3.8) is 0 Å². The molecule has 0 bridgehead atoms. The van der Waals surface area contributed by atoms with Crippen molar-refractivity contribution < 1.29 is 18.7 Å². The van der Waals surface area contributed by atoms with Crippen LogP contribution in [0.3, 0.4) is 0 Å². The van der Waals surface area contributed by atoms with Crippen molar-refractivity contribution in [2.75, 3.05) is 11.9 Å². The Kier molecular flexibility index (Phi) is 5.27. The van der Waals surface area contributed by atoms with Gasteiger partial charge in [-0.3, -0.25) is 4.79 Å². The van der Waals surface area contributed by atoms with E-state index in [1.807, 2.05) is 54.6 Å². The number of esters is 1. The van der Waals surface area contributed by atoms with Crippen LogP contribution in [-0.2, 0) is 9.53 Å². The smallest absolute Gasteiger partial charge is 0.339 e. The summed E-state index contributed by atoms with van der Waals surface area (Å²) in [5.74, 6) is -1.81. The Balaban J connectivity index is 1.58. The fraction of sp³-hybridized carbons (Fsp3) is 0.0435. The molecule has 0 aromatic heterocycles. The lowest BCUT2D eigenvalue weighted by atomic mass is 9.97. The largest absolute Gasteiger partial charge is 0.452 e. The number of hydrogen-bond donors (Lipinski definition) is 1. The summed E-state index contributed by atoms with van der Waals surface area (Å²) < 4.78 is 19.7. The van der Waals surface area contributed by atoms with Crippen LogP contribution in [0.5, 0.6) is 0 Å². The summed E-state index contributed by atoms with van der Waals surface area (Å²) in [6, 6.07) is 21.3. The van der Waals surface area contributed by atoms with Crippen LogP contribution < -0.4 is 5.32 Å². The predicted molar refractivity (Wildman–Crippen MR) is 114 cm³/mol. The molecule has 0 atom stereocenters. The number of amides is 1. The summed E-state index contributed by atoms with van der Waals surface area (Å²) in [5.41, 5.74) is 0.422. The fourth-order valence-corrected chi connectivity index (χ4v) is 3.55. The highest BCUT2D eigenvalue weighted by atomic mass is 79.9. The molecular formula is C23H15BrFNO3. The quantitative estimate of drug-likeness (QED) is 0.320. The van der Waals surface area contributed by atoms with Crippen molar-refractivity contribution in [1.29, 1.82) is 0 Å². The maximum atomic E-state index is 13.9. The molecule has 4 nitrogen and oxygen atoms in total. The van der Waals surface area contributed by atoms with E-state index < -0.39 is 24.3 Å². The van der Waals surface area contributed by atoms with Gasteiger partial charge in [0.25, 0.3) is 5.91 Å². The molecule has 0 saturated heterocycles. The zero-order chi connectivity index (χ0) is 20.4. The van der Waals surface area contributed by atoms with Crippen LogP contribution in [-0.4, -0.2) is 18.5 Å². The molecule has 1 N–H and O–H groups in total. The van der Waals surface area contributed by atoms with Gasteiger partial charge in [0.1, 0.15) is 5.82 Å². The second-order valence-electron chi connectivity index (χ2n) is 6.44. The van der Waals surface area contributed by atoms with E-state index in [0.29, 0.717) is 10.0 Å². The molecule has 0 aliphatic heterocycles. The Labute approximate surface area is 174 Å². The molecule has 6 heteroatoms. The van der Waals surface area contributed by atoms with Gasteiger partial charge in [-0.05, 0) is 45.8 Å². The van der Waals surface area contributed by atoms with E-state index in [2.05, 4.69) is 21.2 Å². The van der Waals surface area contributed by atoms with Crippen LogP contribution in [0.4, 0.5) is 10.1 Å². The fourth-order valence-electron chi connectivity index (χ4n) is 3.21. The highest BCUT2D eigenvalue weighted by Crippen LogP contribution is 2.29. The molecule has 0 aliphatic carbocycles. The Bertz CT molecular complexity index is 1200. The first-order chi connectivity index (χ1) is 14.0. The molecule has 4 rings (SSSR count). The van der Waals surface area contributed by atoms with Gasteiger partial charge in [-0.15, -0.1) is 0 Å². The predicted octanol–water partition coefficient (Wildman–Crippen LogP) is 5.69. The molecule has 4 aromatic rings. The number of halogens is 2. The summed E-state index contributed by atoms with van der Waals surface area (Å²) in [7, 11) is 0. The van der Waals surface area contributed by atoms with Gasteiger partial charge in [0, 0.05) is 4.47 Å². The third kappa shape index (κ3) is 3.98. The van der Waals surface area contributed by atoms with E-state index in [1.54, 1.807) is 6.07 Å². The minimum absolute atomic E-state index is 0.0184. The molecule has 4 aromatic carbocycles. The van der Waals surface area contributed by atoms with Gasteiger partial charge >= 0.3 is 5.97 Å². The van der Waals surface area contributed by atoms with Crippen molar-refractivity contribution >= 4 is 55.0 Å². The Hall–Kier alpha value is -3.25. The lowest BCUT2D eigenvalue weighted by molar-refractivity contribution is -0.119. The number of carbonyl (C=O) groups excluding carboxylic acids is 2. The molecule has 0 saturated carbocycles. The van der Waals surface area contributed by atoms with Gasteiger partial charge in [-0.1, -0.05) is 64.5 Å². The number of fused-ring (bicyclic) bond motifs is 2. The first-order valence-corrected chi connectivity index (χ1v) is 9.65. The van der Waals surface area contributed by atoms with Crippen molar-refractivity contribution in [3.8, 4) is 0 Å². The van der Waals surface area contributed by atoms with Crippen molar-refractivity contribution in [3.05, 3.63) is 88.6 Å². The third-order valence-corrected chi connectivity index (χ3v) is 5.01. The number of nitrogens with one attached hydrogen (secondary N) is 1. The second kappa shape index (κ2) is 8.01. The number of anilines is 1. The average molecular weight is 452 g/mol. The molecule has 0 aliphatic rings. The highest BCUT2D eigenvalue weighted by Gasteiger charge is 2.18. The highest BCUT2D eigenvalue weighted by molar-refractivity contribution is 9.10. The maximum absolute atomic E-state index is 13.9. The Morgan fingerprint density at radius 1 is 0.897 bits per heavy atom. The summed E-state index contributed by atoms with van der Waals surface area (Å²) in [6.45, 7) is -0.522. The maximum Gasteiger partial charge on any atom is 0.339 e. The lowest BCUT2D eigenvalue weighted by Crippen LogP contribution is -2.21. The van der Waals surface area contributed by atoms with Crippen molar-refractivity contribution in [2.45, 2.75) is 0 Å². The molecule has 0 fully saturated rings. The first-order valence-electron chi connectivity index (χ1n) is 8.85. The van der Waals surface area contributed by atoms with E-state index in [4.69, 9.17) is 4.74 Å². The van der Waals surface area contributed by atoms with E-state index in [0.717, 1.165) is 21.5 Å². The normalized spacial score (nSPS) is 10.8. The Morgan fingerprint density at radius 2 is 1.52 bits per heavy atom. The molecule has 0 unspecified atom stereocenters. The van der Waals surface area contributed by atoms with E-state index in [-0.39, 0.29) is 5.69 Å². The van der Waals surface area contributed by atoms with Gasteiger partial charge in [0.15, 0.2) is 6.61 Å².